The summed E-state index contributed by atoms with van der Waals surface area (Å²) in [5, 5.41) is 11.8. The molecule has 0 atom stereocenters. The smallest absolute Gasteiger partial charge is 0.340 e. The minimum Gasteiger partial charge on any atom is -0.462 e. The average molecular weight is 455 g/mol. The Hall–Kier alpha value is -4.16. The fraction of sp³-hybridized carbons (Fsp3) is 0.143. The summed E-state index contributed by atoms with van der Waals surface area (Å²) in [5.41, 5.74) is 3.97. The highest BCUT2D eigenvalue weighted by Gasteiger charge is 2.40. The van der Waals surface area contributed by atoms with E-state index in [0.717, 1.165) is 5.56 Å². The molecule has 34 heavy (non-hydrogen) atoms. The number of rotatable bonds is 7. The van der Waals surface area contributed by atoms with Crippen LogP contribution < -0.4 is 5.43 Å². The van der Waals surface area contributed by atoms with Crippen molar-refractivity contribution in [3.05, 3.63) is 119 Å². The second-order valence-corrected chi connectivity index (χ2v) is 7.83. The molecule has 0 spiro atoms. The molecule has 0 aliphatic carbocycles. The van der Waals surface area contributed by atoms with Crippen molar-refractivity contribution in [1.82, 2.24) is 4.68 Å². The molecule has 0 bridgehead atoms. The molecule has 3 aromatic carbocycles. The minimum atomic E-state index is -1.96. The van der Waals surface area contributed by atoms with Crippen LogP contribution in [-0.2, 0) is 15.1 Å². The van der Waals surface area contributed by atoms with Gasteiger partial charge in [0.1, 0.15) is 0 Å². The summed E-state index contributed by atoms with van der Waals surface area (Å²) in [6.07, 6.45) is 0. The summed E-state index contributed by atoms with van der Waals surface area (Å²) in [5.74, 6) is -1.14. The molecule has 0 fully saturated rings. The van der Waals surface area contributed by atoms with Crippen molar-refractivity contribution in [1.29, 1.82) is 0 Å². The van der Waals surface area contributed by atoms with E-state index in [4.69, 9.17) is 4.74 Å². The first kappa shape index (κ1) is 23.0. The normalized spacial score (nSPS) is 11.1. The molecule has 1 amide bonds. The van der Waals surface area contributed by atoms with E-state index in [1.807, 2.05) is 42.5 Å². The lowest BCUT2D eigenvalue weighted by Gasteiger charge is -2.29. The molecule has 0 aliphatic rings. The molecule has 6 nitrogen and oxygen atoms in total. The Kier molecular flexibility index (Phi) is 6.61. The van der Waals surface area contributed by atoms with Crippen molar-refractivity contribution < 1.29 is 19.4 Å². The van der Waals surface area contributed by atoms with Gasteiger partial charge in [0.05, 0.1) is 23.6 Å². The molecule has 172 valence electrons. The van der Waals surface area contributed by atoms with Gasteiger partial charge in [-0.05, 0) is 31.0 Å². The van der Waals surface area contributed by atoms with Crippen LogP contribution in [0.15, 0.2) is 97.1 Å². The van der Waals surface area contributed by atoms with Gasteiger partial charge in [-0.2, -0.15) is 0 Å². The van der Waals surface area contributed by atoms with E-state index in [1.165, 1.54) is 4.68 Å². The highest BCUT2D eigenvalue weighted by Crippen LogP contribution is 2.32. The predicted octanol–water partition coefficient (Wildman–Crippen LogP) is 4.65. The summed E-state index contributed by atoms with van der Waals surface area (Å²) in [4.78, 5) is 26.4. The number of esters is 1. The van der Waals surface area contributed by atoms with Crippen LogP contribution in [-0.4, -0.2) is 28.3 Å². The number of aliphatic hydroxyl groups is 1. The maximum absolute atomic E-state index is 13.8. The first-order valence-electron chi connectivity index (χ1n) is 11.1. The highest BCUT2D eigenvalue weighted by molar-refractivity contribution is 5.98. The van der Waals surface area contributed by atoms with E-state index < -0.39 is 17.5 Å². The van der Waals surface area contributed by atoms with Gasteiger partial charge in [-0.25, -0.2) is 4.79 Å². The summed E-state index contributed by atoms with van der Waals surface area (Å²) in [6, 6.07) is 28.6. The van der Waals surface area contributed by atoms with E-state index in [-0.39, 0.29) is 6.61 Å². The number of hydrogen-bond donors (Lipinski definition) is 2. The van der Waals surface area contributed by atoms with Crippen molar-refractivity contribution in [3.8, 4) is 11.3 Å². The third-order valence-corrected chi connectivity index (χ3v) is 5.74. The van der Waals surface area contributed by atoms with Gasteiger partial charge >= 0.3 is 5.97 Å². The molecule has 4 aromatic rings. The van der Waals surface area contributed by atoms with E-state index in [1.54, 1.807) is 68.4 Å². The van der Waals surface area contributed by atoms with E-state index in [0.29, 0.717) is 28.1 Å². The minimum absolute atomic E-state index is 0.234. The number of benzene rings is 3. The molecule has 1 heterocycles. The van der Waals surface area contributed by atoms with Crippen LogP contribution in [0.4, 0.5) is 0 Å². The Bertz CT molecular complexity index is 1240. The van der Waals surface area contributed by atoms with E-state index in [2.05, 4.69) is 5.43 Å². The number of amides is 1. The highest BCUT2D eigenvalue weighted by atomic mass is 16.5. The lowest BCUT2D eigenvalue weighted by Crippen LogP contribution is -2.44. The van der Waals surface area contributed by atoms with Crippen LogP contribution in [0.2, 0.25) is 0 Å². The van der Waals surface area contributed by atoms with Crippen molar-refractivity contribution in [2.24, 2.45) is 0 Å². The molecule has 2 N–H and O–H groups in total. The average Bonchev–Trinajstić information content (AvgIpc) is 3.21. The van der Waals surface area contributed by atoms with E-state index in [9.17, 15) is 14.7 Å². The zero-order valence-electron chi connectivity index (χ0n) is 19.1. The molecule has 0 radical (unpaired) electrons. The van der Waals surface area contributed by atoms with Gasteiger partial charge in [0.15, 0.2) is 5.60 Å². The Morgan fingerprint density at radius 3 is 1.88 bits per heavy atom. The Morgan fingerprint density at radius 2 is 1.38 bits per heavy atom. The van der Waals surface area contributed by atoms with Crippen molar-refractivity contribution in [2.45, 2.75) is 19.4 Å². The third-order valence-electron chi connectivity index (χ3n) is 5.74. The molecule has 0 saturated carbocycles. The van der Waals surface area contributed by atoms with E-state index >= 15 is 0 Å². The van der Waals surface area contributed by atoms with Gasteiger partial charge < -0.3 is 9.84 Å². The zero-order chi connectivity index (χ0) is 24.1. The van der Waals surface area contributed by atoms with Gasteiger partial charge in [-0.3, -0.25) is 14.9 Å². The molecule has 6 heteroatoms. The molecule has 0 unspecified atom stereocenters. The van der Waals surface area contributed by atoms with Gasteiger partial charge in [0.2, 0.25) is 0 Å². The predicted molar refractivity (Wildman–Crippen MR) is 131 cm³/mol. The quantitative estimate of drug-likeness (QED) is 0.399. The number of carbonyl (C=O) groups excluding carboxylic acids is 2. The second kappa shape index (κ2) is 9.77. The van der Waals surface area contributed by atoms with Gasteiger partial charge in [0.25, 0.3) is 5.91 Å². The topological polar surface area (TPSA) is 80.6 Å². The molecule has 0 saturated heterocycles. The number of ether oxygens (including phenoxy) is 1. The SMILES string of the molecule is CCOC(=O)c1cc(-c2ccccc2)n(NC(=O)C(O)(c2ccccc2)c2ccccc2)c1C. The maximum Gasteiger partial charge on any atom is 0.340 e. The van der Waals surface area contributed by atoms with Crippen LogP contribution in [0.25, 0.3) is 11.3 Å². The number of nitrogens with one attached hydrogen (secondary N) is 1. The van der Waals surface area contributed by atoms with Crippen molar-refractivity contribution in [3.63, 3.8) is 0 Å². The lowest BCUT2D eigenvalue weighted by molar-refractivity contribution is -0.132. The van der Waals surface area contributed by atoms with Crippen LogP contribution in [0.1, 0.15) is 34.1 Å². The first-order chi connectivity index (χ1) is 16.5. The molecule has 4 rings (SSSR count). The van der Waals surface area contributed by atoms with Gasteiger partial charge in [-0.15, -0.1) is 0 Å². The Balaban J connectivity index is 1.83. The number of hydrogen-bond acceptors (Lipinski definition) is 4. The lowest BCUT2D eigenvalue weighted by atomic mass is 9.85. The summed E-state index contributed by atoms with van der Waals surface area (Å²) in [6.45, 7) is 3.70. The van der Waals surface area contributed by atoms with Gasteiger partial charge in [0, 0.05) is 5.56 Å². The van der Waals surface area contributed by atoms with Crippen molar-refractivity contribution in [2.75, 3.05) is 12.0 Å². The van der Waals surface area contributed by atoms with Gasteiger partial charge in [-0.1, -0.05) is 91.0 Å². The molecular formula is C28H26N2O4. The van der Waals surface area contributed by atoms with Crippen LogP contribution in [0.5, 0.6) is 0 Å². The van der Waals surface area contributed by atoms with Crippen LogP contribution >= 0.6 is 0 Å². The molecule has 1 aromatic heterocycles. The van der Waals surface area contributed by atoms with Crippen molar-refractivity contribution >= 4 is 11.9 Å². The monoisotopic (exact) mass is 454 g/mol. The standard InChI is InChI=1S/C28H26N2O4/c1-3-34-26(31)24-19-25(21-13-7-4-8-14-21)30(20(24)2)29-27(32)28(33,22-15-9-5-10-16-22)23-17-11-6-12-18-23/h4-19,33H,3H2,1-2H3,(H,29,32). The Morgan fingerprint density at radius 1 is 0.882 bits per heavy atom. The first-order valence-corrected chi connectivity index (χ1v) is 11.1. The maximum atomic E-state index is 13.8. The number of aromatic nitrogens is 1. The fourth-order valence-electron chi connectivity index (χ4n) is 3.96. The molecule has 0 aliphatic heterocycles. The summed E-state index contributed by atoms with van der Waals surface area (Å²) < 4.78 is 6.74. The summed E-state index contributed by atoms with van der Waals surface area (Å²) >= 11 is 0. The number of carbonyl (C=O) groups is 2. The largest absolute Gasteiger partial charge is 0.462 e. The zero-order valence-corrected chi connectivity index (χ0v) is 19.1. The molecular weight excluding hydrogens is 428 g/mol. The van der Waals surface area contributed by atoms with Crippen LogP contribution in [0.3, 0.4) is 0 Å². The fourth-order valence-corrected chi connectivity index (χ4v) is 3.96. The second-order valence-electron chi connectivity index (χ2n) is 7.83. The Labute approximate surface area is 198 Å². The third kappa shape index (κ3) is 4.23. The number of nitrogens with zero attached hydrogens (tertiary/aromatic N) is 1. The van der Waals surface area contributed by atoms with Crippen LogP contribution in [0, 0.1) is 6.92 Å². The summed E-state index contributed by atoms with van der Waals surface area (Å²) in [7, 11) is 0.